The molecule has 1 aliphatic rings. The van der Waals surface area contributed by atoms with Crippen LogP contribution in [-0.4, -0.2) is 37.4 Å². The van der Waals surface area contributed by atoms with Crippen molar-refractivity contribution in [2.75, 3.05) is 20.3 Å². The first kappa shape index (κ1) is 13.6. The molecule has 0 saturated carbocycles. The summed E-state index contributed by atoms with van der Waals surface area (Å²) in [6.45, 7) is 1.37. The predicted octanol–water partition coefficient (Wildman–Crippen LogP) is 0.559. The van der Waals surface area contributed by atoms with Crippen molar-refractivity contribution < 1.29 is 24.1 Å². The third-order valence-electron chi connectivity index (χ3n) is 2.92. The Hall–Kier alpha value is -1.79. The number of methoxy groups -OCH3 is 1. The van der Waals surface area contributed by atoms with Gasteiger partial charge in [0.2, 0.25) is 0 Å². The number of ether oxygens (including phenoxy) is 3. The molecule has 104 valence electrons. The van der Waals surface area contributed by atoms with Crippen LogP contribution >= 0.6 is 0 Å². The first-order valence-electron chi connectivity index (χ1n) is 6.00. The molecule has 0 aliphatic carbocycles. The molecule has 0 radical (unpaired) electrons. The van der Waals surface area contributed by atoms with Crippen LogP contribution in [0.1, 0.15) is 11.1 Å². The summed E-state index contributed by atoms with van der Waals surface area (Å²) in [5.74, 6) is 0.253. The summed E-state index contributed by atoms with van der Waals surface area (Å²) in [7, 11) is 1.58. The molecule has 0 fully saturated rings. The zero-order valence-electron chi connectivity index (χ0n) is 10.7. The topological polar surface area (TPSA) is 91.0 Å². The molecule has 0 spiro atoms. The molecule has 0 aromatic heterocycles. The van der Waals surface area contributed by atoms with Gasteiger partial charge in [-0.05, 0) is 29.7 Å². The molecule has 19 heavy (non-hydrogen) atoms. The Morgan fingerprint density at radius 3 is 2.47 bits per heavy atom. The molecule has 0 saturated heterocycles. The first-order valence-corrected chi connectivity index (χ1v) is 6.00. The van der Waals surface area contributed by atoms with E-state index in [4.69, 9.17) is 25.1 Å². The number of hydrogen-bond acceptors (Lipinski definition) is 5. The Kier molecular flexibility index (Phi) is 4.24. The number of nitrogens with two attached hydrogens (primary N) is 1. The molecule has 1 heterocycles. The number of fused-ring (bicyclic) bond motifs is 1. The zero-order valence-corrected chi connectivity index (χ0v) is 10.7. The van der Waals surface area contributed by atoms with E-state index in [-0.39, 0.29) is 6.42 Å². The summed E-state index contributed by atoms with van der Waals surface area (Å²) in [4.78, 5) is 10.8. The zero-order chi connectivity index (χ0) is 13.8. The molecule has 6 nitrogen and oxygen atoms in total. The molecule has 0 bridgehead atoms. The van der Waals surface area contributed by atoms with Crippen LogP contribution in [0, 0.1) is 0 Å². The highest BCUT2D eigenvalue weighted by Gasteiger charge is 2.19. The Balaban J connectivity index is 2.31. The van der Waals surface area contributed by atoms with Crippen LogP contribution in [-0.2, 0) is 22.6 Å². The number of carbonyl (C=O) groups is 1. The second kappa shape index (κ2) is 5.90. The second-order valence-electron chi connectivity index (χ2n) is 4.35. The van der Waals surface area contributed by atoms with Gasteiger partial charge in [0.25, 0.3) is 0 Å². The van der Waals surface area contributed by atoms with E-state index in [9.17, 15) is 4.79 Å². The fraction of sp³-hybridized carbons (Fsp3) is 0.462. The Morgan fingerprint density at radius 1 is 1.37 bits per heavy atom. The van der Waals surface area contributed by atoms with Crippen molar-refractivity contribution in [1.82, 2.24) is 0 Å². The normalized spacial score (nSPS) is 15.1. The summed E-state index contributed by atoms with van der Waals surface area (Å²) in [6.07, 6.45) is 0.227. The Bertz CT molecular complexity index is 474. The van der Waals surface area contributed by atoms with Crippen LogP contribution in [0.5, 0.6) is 11.5 Å². The standard InChI is InChI=1S/C13H17NO5/c1-17-7-9-6-12-11(18-2-3-19-12)5-8(9)4-10(14)13(15)16/h5-6,10H,2-4,7,14H2,1H3,(H,15,16). The Labute approximate surface area is 111 Å². The van der Waals surface area contributed by atoms with Gasteiger partial charge in [-0.3, -0.25) is 4.79 Å². The Morgan fingerprint density at radius 2 is 1.95 bits per heavy atom. The quantitative estimate of drug-likeness (QED) is 0.810. The molecule has 1 aliphatic heterocycles. The van der Waals surface area contributed by atoms with Crippen molar-refractivity contribution in [2.45, 2.75) is 19.1 Å². The van der Waals surface area contributed by atoms with E-state index >= 15 is 0 Å². The summed E-state index contributed by atoms with van der Waals surface area (Å²) < 4.78 is 16.1. The summed E-state index contributed by atoms with van der Waals surface area (Å²) in [5.41, 5.74) is 7.25. The second-order valence-corrected chi connectivity index (χ2v) is 4.35. The van der Waals surface area contributed by atoms with E-state index < -0.39 is 12.0 Å². The molecule has 6 heteroatoms. The van der Waals surface area contributed by atoms with E-state index in [2.05, 4.69) is 0 Å². The third-order valence-corrected chi connectivity index (χ3v) is 2.92. The number of benzene rings is 1. The SMILES string of the molecule is COCc1cc2c(cc1CC(N)C(=O)O)OCCO2. The van der Waals surface area contributed by atoms with Crippen molar-refractivity contribution in [3.63, 3.8) is 0 Å². The maximum Gasteiger partial charge on any atom is 0.320 e. The van der Waals surface area contributed by atoms with E-state index in [1.54, 1.807) is 13.2 Å². The lowest BCUT2D eigenvalue weighted by Crippen LogP contribution is -2.32. The smallest absolute Gasteiger partial charge is 0.320 e. The van der Waals surface area contributed by atoms with Gasteiger partial charge in [-0.15, -0.1) is 0 Å². The average Bonchev–Trinajstić information content (AvgIpc) is 2.39. The molecule has 2 rings (SSSR count). The molecule has 1 atom stereocenters. The van der Waals surface area contributed by atoms with E-state index in [1.165, 1.54) is 0 Å². The molecule has 0 amide bonds. The van der Waals surface area contributed by atoms with E-state index in [1.807, 2.05) is 6.07 Å². The van der Waals surface area contributed by atoms with Crippen LogP contribution in [0.3, 0.4) is 0 Å². The highest BCUT2D eigenvalue weighted by atomic mass is 16.6. The number of rotatable bonds is 5. The van der Waals surface area contributed by atoms with Crippen molar-refractivity contribution in [3.05, 3.63) is 23.3 Å². The number of aliphatic carboxylic acids is 1. The van der Waals surface area contributed by atoms with Crippen LogP contribution < -0.4 is 15.2 Å². The monoisotopic (exact) mass is 267 g/mol. The van der Waals surface area contributed by atoms with Crippen molar-refractivity contribution in [3.8, 4) is 11.5 Å². The van der Waals surface area contributed by atoms with Crippen molar-refractivity contribution >= 4 is 5.97 Å². The highest BCUT2D eigenvalue weighted by molar-refractivity contribution is 5.73. The highest BCUT2D eigenvalue weighted by Crippen LogP contribution is 2.34. The van der Waals surface area contributed by atoms with Gasteiger partial charge in [0.1, 0.15) is 19.3 Å². The van der Waals surface area contributed by atoms with Gasteiger partial charge in [0.15, 0.2) is 11.5 Å². The molecular formula is C13H17NO5. The van der Waals surface area contributed by atoms with Crippen LogP contribution in [0.2, 0.25) is 0 Å². The summed E-state index contributed by atoms with van der Waals surface area (Å²) in [6, 6.07) is 2.66. The lowest BCUT2D eigenvalue weighted by atomic mass is 10.00. The molecular weight excluding hydrogens is 250 g/mol. The molecule has 1 unspecified atom stereocenters. The molecule has 3 N–H and O–H groups in total. The predicted molar refractivity (Wildman–Crippen MR) is 67.5 cm³/mol. The van der Waals surface area contributed by atoms with Crippen LogP contribution in [0.25, 0.3) is 0 Å². The number of carboxylic acid groups (broad SMARTS) is 1. The molecule has 1 aromatic carbocycles. The minimum absolute atomic E-state index is 0.227. The van der Waals surface area contributed by atoms with Gasteiger partial charge in [-0.2, -0.15) is 0 Å². The lowest BCUT2D eigenvalue weighted by Gasteiger charge is -2.21. The number of hydrogen-bond donors (Lipinski definition) is 2. The first-order chi connectivity index (χ1) is 9.11. The van der Waals surface area contributed by atoms with Gasteiger partial charge in [0.05, 0.1) is 6.61 Å². The van der Waals surface area contributed by atoms with Crippen molar-refractivity contribution in [1.29, 1.82) is 0 Å². The van der Waals surface area contributed by atoms with Gasteiger partial charge in [-0.25, -0.2) is 0 Å². The van der Waals surface area contributed by atoms with Crippen molar-refractivity contribution in [2.24, 2.45) is 5.73 Å². The van der Waals surface area contributed by atoms with Gasteiger partial charge >= 0.3 is 5.97 Å². The third kappa shape index (κ3) is 3.15. The van der Waals surface area contributed by atoms with E-state index in [0.29, 0.717) is 31.3 Å². The molecule has 1 aromatic rings. The largest absolute Gasteiger partial charge is 0.486 e. The van der Waals surface area contributed by atoms with Crippen LogP contribution in [0.4, 0.5) is 0 Å². The lowest BCUT2D eigenvalue weighted by molar-refractivity contribution is -0.138. The summed E-state index contributed by atoms with van der Waals surface area (Å²) in [5, 5.41) is 8.89. The minimum atomic E-state index is -1.03. The summed E-state index contributed by atoms with van der Waals surface area (Å²) >= 11 is 0. The van der Waals surface area contributed by atoms with Gasteiger partial charge in [0, 0.05) is 7.11 Å². The minimum Gasteiger partial charge on any atom is -0.486 e. The maximum atomic E-state index is 10.8. The van der Waals surface area contributed by atoms with E-state index in [0.717, 1.165) is 11.1 Å². The average molecular weight is 267 g/mol. The van der Waals surface area contributed by atoms with Gasteiger partial charge < -0.3 is 25.1 Å². The maximum absolute atomic E-state index is 10.8. The fourth-order valence-corrected chi connectivity index (χ4v) is 1.98. The number of carboxylic acids is 1. The van der Waals surface area contributed by atoms with Crippen LogP contribution in [0.15, 0.2) is 12.1 Å². The van der Waals surface area contributed by atoms with Gasteiger partial charge in [-0.1, -0.05) is 0 Å². The fourth-order valence-electron chi connectivity index (χ4n) is 1.98.